The number of rotatable bonds is 35. The molecular weight excluding hydrogens is 691 g/mol. The topological polar surface area (TPSA) is 104 Å². The summed E-state index contributed by atoms with van der Waals surface area (Å²) in [7, 11) is -4.39. The molecule has 0 heterocycles. The van der Waals surface area contributed by atoms with E-state index in [1.807, 2.05) is 6.08 Å². The molecule has 304 valence electrons. The van der Waals surface area contributed by atoms with Crippen molar-refractivity contribution < 1.29 is 22.9 Å². The predicted molar refractivity (Wildman–Crippen MR) is 234 cm³/mol. The Kier molecular flexibility index (Phi) is 37.1. The molecule has 0 fully saturated rings. The number of allylic oxidation sites excluding steroid dienone is 19. The number of nitrogens with one attached hydrogen (secondary N) is 1. The summed E-state index contributed by atoms with van der Waals surface area (Å²) in [5.74, 6) is -1.10. The summed E-state index contributed by atoms with van der Waals surface area (Å²) in [5.41, 5.74) is 0. The molecule has 0 radical (unpaired) electrons. The second-order valence-corrected chi connectivity index (χ2v) is 15.0. The quantitative estimate of drug-likeness (QED) is 0.0339. The van der Waals surface area contributed by atoms with Crippen LogP contribution in [0.4, 0.5) is 0 Å². The van der Waals surface area contributed by atoms with Crippen molar-refractivity contribution in [2.45, 2.75) is 161 Å². The zero-order chi connectivity index (χ0) is 39.6. The molecule has 0 aromatic heterocycles. The Labute approximate surface area is 331 Å². The molecule has 2 unspecified atom stereocenters. The lowest BCUT2D eigenvalue weighted by atomic mass is 10.1. The summed E-state index contributed by atoms with van der Waals surface area (Å²) in [4.78, 5) is 12.5. The predicted octanol–water partition coefficient (Wildman–Crippen LogP) is 12.5. The maximum atomic E-state index is 12.5. The van der Waals surface area contributed by atoms with Gasteiger partial charge < -0.3 is 10.4 Å². The molecule has 0 aromatic rings. The molecule has 54 heavy (non-hydrogen) atoms. The molecule has 7 heteroatoms. The first-order valence-electron chi connectivity index (χ1n) is 20.7. The average Bonchev–Trinajstić information content (AvgIpc) is 3.14. The van der Waals surface area contributed by atoms with E-state index in [1.165, 1.54) is 44.6 Å². The van der Waals surface area contributed by atoms with E-state index < -0.39 is 28.0 Å². The van der Waals surface area contributed by atoms with E-state index in [9.17, 15) is 22.9 Å². The Morgan fingerprint density at radius 1 is 0.519 bits per heavy atom. The van der Waals surface area contributed by atoms with Gasteiger partial charge in [0.15, 0.2) is 0 Å². The van der Waals surface area contributed by atoms with Gasteiger partial charge in [0, 0.05) is 6.42 Å². The summed E-state index contributed by atoms with van der Waals surface area (Å²) < 4.78 is 32.5. The maximum Gasteiger partial charge on any atom is 0.267 e. The van der Waals surface area contributed by atoms with Crippen molar-refractivity contribution in [1.82, 2.24) is 5.32 Å². The van der Waals surface area contributed by atoms with Crippen LogP contribution >= 0.6 is 0 Å². The molecular formula is C47H75NO5S. The van der Waals surface area contributed by atoms with Gasteiger partial charge in [0.05, 0.1) is 17.9 Å². The summed E-state index contributed by atoms with van der Waals surface area (Å²) in [6.07, 6.45) is 61.9. The van der Waals surface area contributed by atoms with Crippen molar-refractivity contribution in [1.29, 1.82) is 0 Å². The van der Waals surface area contributed by atoms with Crippen LogP contribution in [0.1, 0.15) is 149 Å². The fourth-order valence-corrected chi connectivity index (χ4v) is 6.03. The lowest BCUT2D eigenvalue weighted by molar-refractivity contribution is -0.122. The van der Waals surface area contributed by atoms with Gasteiger partial charge >= 0.3 is 0 Å². The smallest absolute Gasteiger partial charge is 0.267 e. The Hall–Kier alpha value is -3.26. The van der Waals surface area contributed by atoms with E-state index in [0.717, 1.165) is 70.6 Å². The van der Waals surface area contributed by atoms with E-state index in [4.69, 9.17) is 0 Å². The van der Waals surface area contributed by atoms with Crippen LogP contribution in [0.3, 0.4) is 0 Å². The van der Waals surface area contributed by atoms with E-state index in [1.54, 1.807) is 6.08 Å². The summed E-state index contributed by atoms with van der Waals surface area (Å²) >= 11 is 0. The Morgan fingerprint density at radius 2 is 0.907 bits per heavy atom. The second kappa shape index (κ2) is 39.4. The van der Waals surface area contributed by atoms with Crippen LogP contribution in [0.2, 0.25) is 0 Å². The lowest BCUT2D eigenvalue weighted by Gasteiger charge is -2.21. The van der Waals surface area contributed by atoms with Crippen molar-refractivity contribution in [3.8, 4) is 0 Å². The highest BCUT2D eigenvalue weighted by molar-refractivity contribution is 7.85. The van der Waals surface area contributed by atoms with Gasteiger partial charge in [0.25, 0.3) is 10.1 Å². The molecule has 0 aliphatic heterocycles. The minimum absolute atomic E-state index is 0.196. The first-order chi connectivity index (χ1) is 26.3. The standard InChI is InChI=1S/C47H75NO5S/c1-3-5-7-9-11-13-15-17-19-21-22-23-24-25-26-27-29-31-33-35-37-39-41-43-47(50)48-45(44-54(51,52)53)46(49)42-40-38-36-34-32-30-28-20-18-16-14-12-10-8-6-4-2/h5,7,11,13,17-20,22-23,25-26,29,31-32,34-35,37,40,42,45-46,49H,3-4,6,8-10,12,14-16,21,24,27-28,30,33,36,38-39,41,43-44H2,1-2H3,(H,48,50)(H,51,52,53)/b7-5-,13-11-,19-17-,20-18+,23-22-,26-25-,31-29-,34-32+,37-35-,42-40+. The second-order valence-electron chi connectivity index (χ2n) is 13.5. The molecule has 3 N–H and O–H groups in total. The van der Waals surface area contributed by atoms with Crippen molar-refractivity contribution in [3.63, 3.8) is 0 Å². The molecule has 0 bridgehead atoms. The summed E-state index contributed by atoms with van der Waals surface area (Å²) in [5, 5.41) is 13.2. The highest BCUT2D eigenvalue weighted by Crippen LogP contribution is 2.09. The molecule has 2 atom stereocenters. The van der Waals surface area contributed by atoms with Crippen LogP contribution in [-0.2, 0) is 14.9 Å². The van der Waals surface area contributed by atoms with Gasteiger partial charge in [-0.2, -0.15) is 8.42 Å². The molecule has 0 aliphatic carbocycles. The zero-order valence-corrected chi connectivity index (χ0v) is 34.6. The van der Waals surface area contributed by atoms with Crippen molar-refractivity contribution in [3.05, 3.63) is 122 Å². The van der Waals surface area contributed by atoms with Gasteiger partial charge in [-0.3, -0.25) is 9.35 Å². The molecule has 0 rings (SSSR count). The van der Waals surface area contributed by atoms with E-state index in [2.05, 4.69) is 122 Å². The van der Waals surface area contributed by atoms with Crippen LogP contribution in [0.5, 0.6) is 0 Å². The lowest BCUT2D eigenvalue weighted by Crippen LogP contribution is -2.46. The monoisotopic (exact) mass is 766 g/mol. The van der Waals surface area contributed by atoms with Gasteiger partial charge in [-0.15, -0.1) is 0 Å². The highest BCUT2D eigenvalue weighted by Gasteiger charge is 2.24. The van der Waals surface area contributed by atoms with Crippen LogP contribution in [0.15, 0.2) is 122 Å². The Balaban J connectivity index is 4.16. The summed E-state index contributed by atoms with van der Waals surface area (Å²) in [6, 6.07) is -1.12. The fourth-order valence-electron chi connectivity index (χ4n) is 5.29. The number of aliphatic hydroxyl groups is 1. The van der Waals surface area contributed by atoms with E-state index in [-0.39, 0.29) is 12.3 Å². The van der Waals surface area contributed by atoms with Gasteiger partial charge in [-0.05, 0) is 96.3 Å². The molecule has 0 saturated heterocycles. The third-order valence-electron chi connectivity index (χ3n) is 8.35. The van der Waals surface area contributed by atoms with E-state index >= 15 is 0 Å². The largest absolute Gasteiger partial charge is 0.387 e. The zero-order valence-electron chi connectivity index (χ0n) is 33.8. The highest BCUT2D eigenvalue weighted by atomic mass is 32.2. The van der Waals surface area contributed by atoms with Gasteiger partial charge in [0.2, 0.25) is 5.91 Å². The number of amides is 1. The molecule has 0 aliphatic rings. The Morgan fingerprint density at radius 3 is 1.39 bits per heavy atom. The number of unbranched alkanes of at least 4 members (excludes halogenated alkanes) is 9. The van der Waals surface area contributed by atoms with Crippen molar-refractivity contribution in [2.75, 3.05) is 5.75 Å². The van der Waals surface area contributed by atoms with Crippen LogP contribution in [-0.4, -0.2) is 41.9 Å². The van der Waals surface area contributed by atoms with Crippen LogP contribution in [0, 0.1) is 0 Å². The molecule has 0 saturated carbocycles. The number of hydrogen-bond acceptors (Lipinski definition) is 4. The average molecular weight is 766 g/mol. The van der Waals surface area contributed by atoms with Crippen LogP contribution in [0.25, 0.3) is 0 Å². The maximum absolute atomic E-state index is 12.5. The minimum Gasteiger partial charge on any atom is -0.387 e. The third-order valence-corrected chi connectivity index (χ3v) is 9.13. The SMILES string of the molecule is CC/C=C\C/C=C\C/C=C\C/C=C\C/C=C\C/C=C\C/C=C\CCCC(=O)NC(CS(=O)(=O)O)C(O)/C=C/CC/C=C/CC/C=C/CCCCCCCC. The number of hydrogen-bond donors (Lipinski definition) is 3. The number of carbonyl (C=O) groups is 1. The third kappa shape index (κ3) is 39.9. The number of carbonyl (C=O) groups excluding carboxylic acids is 1. The molecule has 0 aromatic carbocycles. The number of aliphatic hydroxyl groups excluding tert-OH is 1. The van der Waals surface area contributed by atoms with Gasteiger partial charge in [-0.25, -0.2) is 0 Å². The van der Waals surface area contributed by atoms with Crippen molar-refractivity contribution >= 4 is 16.0 Å². The normalized spacial score (nSPS) is 14.5. The molecule has 6 nitrogen and oxygen atoms in total. The molecule has 1 amide bonds. The fraction of sp³-hybridized carbons (Fsp3) is 0.553. The Bertz CT molecular complexity index is 1300. The first-order valence-corrected chi connectivity index (χ1v) is 22.3. The van der Waals surface area contributed by atoms with Crippen LogP contribution < -0.4 is 5.32 Å². The first kappa shape index (κ1) is 50.7. The summed E-state index contributed by atoms with van der Waals surface area (Å²) in [6.45, 7) is 4.39. The van der Waals surface area contributed by atoms with Crippen molar-refractivity contribution in [2.24, 2.45) is 0 Å². The van der Waals surface area contributed by atoms with Gasteiger partial charge in [-0.1, -0.05) is 167 Å². The minimum atomic E-state index is -4.39. The van der Waals surface area contributed by atoms with E-state index in [0.29, 0.717) is 19.3 Å². The molecule has 0 spiro atoms. The van der Waals surface area contributed by atoms with Gasteiger partial charge in [0.1, 0.15) is 0 Å².